The first-order valence-corrected chi connectivity index (χ1v) is 5.07. The standard InChI is InChI=1S/C10H9BrN2O/c1-6(14)2-7-3-8-5-12-13-10(8)9(11)4-7/h3-5H,2H2,1H3,(H,12,13). The van der Waals surface area contributed by atoms with Crippen molar-refractivity contribution in [3.63, 3.8) is 0 Å². The van der Waals surface area contributed by atoms with Crippen molar-refractivity contribution in [1.82, 2.24) is 10.2 Å². The number of benzene rings is 1. The molecule has 14 heavy (non-hydrogen) atoms. The van der Waals surface area contributed by atoms with Crippen molar-refractivity contribution in [2.24, 2.45) is 0 Å². The van der Waals surface area contributed by atoms with Crippen LogP contribution in [0.1, 0.15) is 12.5 Å². The van der Waals surface area contributed by atoms with Crippen LogP contribution in [0.5, 0.6) is 0 Å². The van der Waals surface area contributed by atoms with E-state index in [0.29, 0.717) is 6.42 Å². The van der Waals surface area contributed by atoms with Crippen LogP contribution in [0, 0.1) is 0 Å². The fraction of sp³-hybridized carbons (Fsp3) is 0.200. The average Bonchev–Trinajstić information content (AvgIpc) is 2.50. The number of carbonyl (C=O) groups excluding carboxylic acids is 1. The number of aromatic nitrogens is 2. The molecule has 2 aromatic rings. The quantitative estimate of drug-likeness (QED) is 0.893. The zero-order valence-electron chi connectivity index (χ0n) is 7.67. The molecule has 4 heteroatoms. The van der Waals surface area contributed by atoms with Crippen LogP contribution in [0.25, 0.3) is 10.9 Å². The largest absolute Gasteiger partial charge is 0.300 e. The highest BCUT2D eigenvalue weighted by molar-refractivity contribution is 9.10. The Balaban J connectivity index is 2.53. The van der Waals surface area contributed by atoms with Crippen LogP contribution in [-0.2, 0) is 11.2 Å². The van der Waals surface area contributed by atoms with E-state index in [-0.39, 0.29) is 5.78 Å². The number of nitrogens with one attached hydrogen (secondary N) is 1. The monoisotopic (exact) mass is 252 g/mol. The van der Waals surface area contributed by atoms with Gasteiger partial charge in [-0.1, -0.05) is 0 Å². The predicted molar refractivity (Wildman–Crippen MR) is 58.2 cm³/mol. The van der Waals surface area contributed by atoms with Crippen molar-refractivity contribution in [3.05, 3.63) is 28.4 Å². The molecule has 0 fully saturated rings. The first-order chi connectivity index (χ1) is 6.66. The molecule has 0 amide bonds. The first-order valence-electron chi connectivity index (χ1n) is 4.28. The molecule has 0 aliphatic rings. The number of Topliss-reactive ketones (excluding diaryl/α,β-unsaturated/α-hetero) is 1. The van der Waals surface area contributed by atoms with Gasteiger partial charge in [-0.15, -0.1) is 0 Å². The van der Waals surface area contributed by atoms with E-state index in [2.05, 4.69) is 26.1 Å². The number of hydrogen-bond donors (Lipinski definition) is 1. The number of aromatic amines is 1. The van der Waals surface area contributed by atoms with Crippen molar-refractivity contribution in [1.29, 1.82) is 0 Å². The zero-order valence-corrected chi connectivity index (χ0v) is 9.26. The SMILES string of the molecule is CC(=O)Cc1cc(Br)c2[nH]ncc2c1. The lowest BCUT2D eigenvalue weighted by atomic mass is 10.1. The summed E-state index contributed by atoms with van der Waals surface area (Å²) < 4.78 is 0.948. The number of halogens is 1. The van der Waals surface area contributed by atoms with E-state index in [1.54, 1.807) is 13.1 Å². The van der Waals surface area contributed by atoms with Crippen molar-refractivity contribution in [2.45, 2.75) is 13.3 Å². The second-order valence-corrected chi connectivity index (χ2v) is 4.15. The number of H-pyrrole nitrogens is 1. The molecule has 0 radical (unpaired) electrons. The van der Waals surface area contributed by atoms with E-state index in [1.807, 2.05) is 12.1 Å². The molecule has 72 valence electrons. The van der Waals surface area contributed by atoms with E-state index in [1.165, 1.54) is 0 Å². The highest BCUT2D eigenvalue weighted by atomic mass is 79.9. The van der Waals surface area contributed by atoms with Gasteiger partial charge in [-0.2, -0.15) is 5.10 Å². The van der Waals surface area contributed by atoms with Gasteiger partial charge < -0.3 is 0 Å². The maximum absolute atomic E-state index is 11.0. The highest BCUT2D eigenvalue weighted by Gasteiger charge is 2.05. The summed E-state index contributed by atoms with van der Waals surface area (Å²) in [5.41, 5.74) is 1.98. The third-order valence-corrected chi connectivity index (χ3v) is 2.64. The first kappa shape index (κ1) is 9.40. The maximum Gasteiger partial charge on any atom is 0.134 e. The molecular weight excluding hydrogens is 244 g/mol. The molecule has 0 bridgehead atoms. The smallest absolute Gasteiger partial charge is 0.134 e. The highest BCUT2D eigenvalue weighted by Crippen LogP contribution is 2.23. The fourth-order valence-electron chi connectivity index (χ4n) is 1.46. The van der Waals surface area contributed by atoms with Gasteiger partial charge in [0.25, 0.3) is 0 Å². The third-order valence-electron chi connectivity index (χ3n) is 2.01. The fourth-order valence-corrected chi connectivity index (χ4v) is 2.07. The Morgan fingerprint density at radius 2 is 2.36 bits per heavy atom. The van der Waals surface area contributed by atoms with Gasteiger partial charge in [0.2, 0.25) is 0 Å². The number of rotatable bonds is 2. The van der Waals surface area contributed by atoms with Crippen LogP contribution < -0.4 is 0 Å². The molecule has 0 unspecified atom stereocenters. The molecule has 0 spiro atoms. The summed E-state index contributed by atoms with van der Waals surface area (Å²) in [4.78, 5) is 11.0. The summed E-state index contributed by atoms with van der Waals surface area (Å²) in [6.07, 6.45) is 2.23. The summed E-state index contributed by atoms with van der Waals surface area (Å²) in [5.74, 6) is 0.166. The van der Waals surface area contributed by atoms with E-state index in [4.69, 9.17) is 0 Å². The van der Waals surface area contributed by atoms with Crippen LogP contribution in [0.2, 0.25) is 0 Å². The second-order valence-electron chi connectivity index (χ2n) is 3.29. The summed E-state index contributed by atoms with van der Waals surface area (Å²) in [5, 5.41) is 7.85. The van der Waals surface area contributed by atoms with Crippen molar-refractivity contribution < 1.29 is 4.79 Å². The molecule has 1 heterocycles. The minimum Gasteiger partial charge on any atom is -0.300 e. The summed E-state index contributed by atoms with van der Waals surface area (Å²) >= 11 is 3.43. The minimum atomic E-state index is 0.166. The van der Waals surface area contributed by atoms with Gasteiger partial charge in [0.15, 0.2) is 0 Å². The molecule has 3 nitrogen and oxygen atoms in total. The number of carbonyl (C=O) groups is 1. The Hall–Kier alpha value is -1.16. The van der Waals surface area contributed by atoms with E-state index in [9.17, 15) is 4.79 Å². The van der Waals surface area contributed by atoms with Gasteiger partial charge in [-0.25, -0.2) is 0 Å². The van der Waals surface area contributed by atoms with Crippen LogP contribution in [-0.4, -0.2) is 16.0 Å². The topological polar surface area (TPSA) is 45.8 Å². The van der Waals surface area contributed by atoms with Crippen molar-refractivity contribution >= 4 is 32.6 Å². The maximum atomic E-state index is 11.0. The van der Waals surface area contributed by atoms with Crippen LogP contribution >= 0.6 is 15.9 Å². The molecule has 0 saturated heterocycles. The van der Waals surface area contributed by atoms with Gasteiger partial charge in [0, 0.05) is 16.3 Å². The van der Waals surface area contributed by atoms with Gasteiger partial charge in [-0.05, 0) is 40.5 Å². The molecule has 1 N–H and O–H groups in total. The molecular formula is C10H9BrN2O. The van der Waals surface area contributed by atoms with Gasteiger partial charge >= 0.3 is 0 Å². The van der Waals surface area contributed by atoms with Crippen LogP contribution in [0.4, 0.5) is 0 Å². The normalized spacial score (nSPS) is 10.7. The van der Waals surface area contributed by atoms with Crippen molar-refractivity contribution in [3.8, 4) is 0 Å². The van der Waals surface area contributed by atoms with Crippen LogP contribution in [0.15, 0.2) is 22.8 Å². The number of nitrogens with zero attached hydrogens (tertiary/aromatic N) is 1. The van der Waals surface area contributed by atoms with Gasteiger partial charge in [-0.3, -0.25) is 9.89 Å². The summed E-state index contributed by atoms with van der Waals surface area (Å²) in [6.45, 7) is 1.59. The molecule has 2 rings (SSSR count). The molecule has 0 aliphatic carbocycles. The zero-order chi connectivity index (χ0) is 10.1. The lowest BCUT2D eigenvalue weighted by Crippen LogP contribution is -1.95. The second kappa shape index (κ2) is 3.53. The molecule has 1 aromatic carbocycles. The minimum absolute atomic E-state index is 0.166. The summed E-state index contributed by atoms with van der Waals surface area (Å²) in [6, 6.07) is 3.92. The predicted octanol–water partition coefficient (Wildman–Crippen LogP) is 2.46. The van der Waals surface area contributed by atoms with Crippen LogP contribution in [0.3, 0.4) is 0 Å². The number of fused-ring (bicyclic) bond motifs is 1. The van der Waals surface area contributed by atoms with Gasteiger partial charge in [0.1, 0.15) is 5.78 Å². The average molecular weight is 253 g/mol. The molecule has 0 saturated carbocycles. The lowest BCUT2D eigenvalue weighted by Gasteiger charge is -2.00. The van der Waals surface area contributed by atoms with Gasteiger partial charge in [0.05, 0.1) is 11.7 Å². The van der Waals surface area contributed by atoms with E-state index < -0.39 is 0 Å². The number of hydrogen-bond acceptors (Lipinski definition) is 2. The van der Waals surface area contributed by atoms with E-state index >= 15 is 0 Å². The van der Waals surface area contributed by atoms with E-state index in [0.717, 1.165) is 20.9 Å². The number of ketones is 1. The Morgan fingerprint density at radius 1 is 1.57 bits per heavy atom. The summed E-state index contributed by atoms with van der Waals surface area (Å²) in [7, 11) is 0. The van der Waals surface area contributed by atoms with Crippen molar-refractivity contribution in [2.75, 3.05) is 0 Å². The molecule has 1 aromatic heterocycles. The molecule has 0 aliphatic heterocycles. The Kier molecular flexibility index (Phi) is 2.37. The Labute approximate surface area is 89.6 Å². The third kappa shape index (κ3) is 1.70. The Morgan fingerprint density at radius 3 is 3.07 bits per heavy atom. The lowest BCUT2D eigenvalue weighted by molar-refractivity contribution is -0.116. The molecule has 0 atom stereocenters. The Bertz CT molecular complexity index is 490.